The van der Waals surface area contributed by atoms with E-state index in [0.717, 1.165) is 38.5 Å². The summed E-state index contributed by atoms with van der Waals surface area (Å²) < 4.78 is 22.2. The Morgan fingerprint density at radius 1 is 0.552 bits per heavy atom. The van der Waals surface area contributed by atoms with E-state index in [1.165, 1.54) is 205 Å². The van der Waals surface area contributed by atoms with Gasteiger partial charge in [0.05, 0.1) is 25.4 Å². The minimum atomic E-state index is -4.34. The molecule has 5 N–H and O–H groups in total. The monoisotopic (exact) mass is 843 g/mol. The number of phosphoric acid groups is 1. The maximum atomic E-state index is 12.8. The van der Waals surface area contributed by atoms with Crippen LogP contribution in [0.1, 0.15) is 264 Å². The van der Waals surface area contributed by atoms with Gasteiger partial charge in [-0.05, 0) is 19.3 Å². The van der Waals surface area contributed by atoms with Crippen LogP contribution in [-0.4, -0.2) is 47.8 Å². The van der Waals surface area contributed by atoms with Gasteiger partial charge in [-0.3, -0.25) is 13.8 Å². The molecule has 9 heteroatoms. The first-order chi connectivity index (χ1) is 28.4. The number of carbonyl (C=O) groups excluding carboxylic acids is 1. The molecule has 3 atom stereocenters. The van der Waals surface area contributed by atoms with Gasteiger partial charge in [-0.1, -0.05) is 251 Å². The molecule has 0 aliphatic carbocycles. The lowest BCUT2D eigenvalue weighted by atomic mass is 10.0. The summed E-state index contributed by atoms with van der Waals surface area (Å²) in [6, 6.07) is -0.855. The van der Waals surface area contributed by atoms with Gasteiger partial charge < -0.3 is 21.1 Å². The minimum Gasteiger partial charge on any atom is -0.387 e. The summed E-state index contributed by atoms with van der Waals surface area (Å²) in [5.74, 6) is -0.188. The number of aliphatic hydroxyl groups is 1. The Morgan fingerprint density at radius 2 is 0.879 bits per heavy atom. The predicted molar refractivity (Wildman–Crippen MR) is 249 cm³/mol. The van der Waals surface area contributed by atoms with Crippen LogP contribution in [0.3, 0.4) is 0 Å². The van der Waals surface area contributed by atoms with E-state index in [1.54, 1.807) is 6.08 Å². The molecular formula is C49H99N2O6P. The topological polar surface area (TPSA) is 131 Å². The summed E-state index contributed by atoms with van der Waals surface area (Å²) in [7, 11) is -4.34. The van der Waals surface area contributed by atoms with Gasteiger partial charge in [-0.2, -0.15) is 0 Å². The van der Waals surface area contributed by atoms with Gasteiger partial charge in [0.15, 0.2) is 0 Å². The molecule has 0 fully saturated rings. The number of hydrogen-bond donors (Lipinski definition) is 4. The van der Waals surface area contributed by atoms with E-state index >= 15 is 0 Å². The number of rotatable bonds is 48. The molecule has 0 aromatic rings. The molecule has 1 amide bonds. The Labute approximate surface area is 360 Å². The number of carbonyl (C=O) groups is 1. The largest absolute Gasteiger partial charge is 0.472 e. The molecule has 0 aromatic heterocycles. The first kappa shape index (κ1) is 57.2. The van der Waals surface area contributed by atoms with E-state index in [2.05, 4.69) is 19.2 Å². The highest BCUT2D eigenvalue weighted by Gasteiger charge is 2.26. The summed E-state index contributed by atoms with van der Waals surface area (Å²) >= 11 is 0. The van der Waals surface area contributed by atoms with Gasteiger partial charge in [0.1, 0.15) is 0 Å². The van der Waals surface area contributed by atoms with E-state index in [9.17, 15) is 19.4 Å². The smallest absolute Gasteiger partial charge is 0.387 e. The molecule has 1 unspecified atom stereocenters. The zero-order valence-corrected chi connectivity index (χ0v) is 39.5. The number of amides is 1. The molecule has 58 heavy (non-hydrogen) atoms. The minimum absolute atomic E-state index is 0.0816. The molecule has 0 aromatic carbocycles. The molecule has 0 spiro atoms. The van der Waals surface area contributed by atoms with Gasteiger partial charge in [-0.15, -0.1) is 0 Å². The second-order valence-electron chi connectivity index (χ2n) is 17.4. The first-order valence-corrected chi connectivity index (χ1v) is 26.8. The average molecular weight is 843 g/mol. The normalized spacial score (nSPS) is 13.9. The Hall–Kier alpha value is -0.760. The van der Waals surface area contributed by atoms with Crippen molar-refractivity contribution in [3.63, 3.8) is 0 Å². The molecule has 0 aliphatic rings. The molecular weight excluding hydrogens is 744 g/mol. The third-order valence-corrected chi connectivity index (χ3v) is 12.6. The fourth-order valence-corrected chi connectivity index (χ4v) is 8.54. The molecule has 0 heterocycles. The molecule has 8 nitrogen and oxygen atoms in total. The Morgan fingerprint density at radius 3 is 1.22 bits per heavy atom. The number of hydrogen-bond acceptors (Lipinski definition) is 6. The van der Waals surface area contributed by atoms with E-state index in [4.69, 9.17) is 14.8 Å². The van der Waals surface area contributed by atoms with Crippen molar-refractivity contribution in [3.8, 4) is 0 Å². The summed E-state index contributed by atoms with van der Waals surface area (Å²) in [6.07, 6.45) is 52.7. The van der Waals surface area contributed by atoms with Crippen molar-refractivity contribution in [2.45, 2.75) is 276 Å². The van der Waals surface area contributed by atoms with Gasteiger partial charge >= 0.3 is 7.82 Å². The van der Waals surface area contributed by atoms with Crippen LogP contribution in [0.15, 0.2) is 12.2 Å². The number of nitrogens with two attached hydrogens (primary N) is 1. The third kappa shape index (κ3) is 43.3. The predicted octanol–water partition coefficient (Wildman–Crippen LogP) is 14.7. The standard InChI is InChI=1S/C49H99N2O6P/c1-3-5-7-9-11-13-15-17-19-21-22-23-24-25-27-29-31-33-35-37-39-41-43-49(53)51-47(46-57-58(54,55)56-45-44-50)48(52)42-40-38-36-34-32-30-28-26-20-18-16-14-12-10-8-6-4-2/h40,42,47-48,52H,3-39,41,43-46,50H2,1-2H3,(H,51,53)(H,54,55)/b42-40+/t47-,48+/m0/s1. The summed E-state index contributed by atoms with van der Waals surface area (Å²) in [6.45, 7) is 4.18. The van der Waals surface area contributed by atoms with Crippen molar-refractivity contribution in [1.29, 1.82) is 0 Å². The quantitative estimate of drug-likeness (QED) is 0.0272. The van der Waals surface area contributed by atoms with Crippen LogP contribution in [0.2, 0.25) is 0 Å². The molecule has 0 aliphatic heterocycles. The van der Waals surface area contributed by atoms with Crippen molar-refractivity contribution < 1.29 is 28.4 Å². The molecule has 0 saturated carbocycles. The molecule has 0 radical (unpaired) electrons. The number of phosphoric ester groups is 1. The maximum absolute atomic E-state index is 12.8. The van der Waals surface area contributed by atoms with E-state index in [-0.39, 0.29) is 25.7 Å². The van der Waals surface area contributed by atoms with E-state index in [1.807, 2.05) is 6.08 Å². The van der Waals surface area contributed by atoms with Crippen LogP contribution in [0.25, 0.3) is 0 Å². The van der Waals surface area contributed by atoms with Gasteiger partial charge in [0.2, 0.25) is 5.91 Å². The van der Waals surface area contributed by atoms with Gasteiger partial charge in [0, 0.05) is 13.0 Å². The maximum Gasteiger partial charge on any atom is 0.472 e. The lowest BCUT2D eigenvalue weighted by molar-refractivity contribution is -0.123. The molecule has 0 bridgehead atoms. The van der Waals surface area contributed by atoms with Crippen molar-refractivity contribution in [1.82, 2.24) is 5.32 Å². The summed E-state index contributed by atoms with van der Waals surface area (Å²) in [5.41, 5.74) is 5.39. The van der Waals surface area contributed by atoms with Crippen molar-refractivity contribution in [2.75, 3.05) is 19.8 Å². The zero-order chi connectivity index (χ0) is 42.5. The second kappa shape index (κ2) is 45.8. The molecule has 346 valence electrons. The van der Waals surface area contributed by atoms with Crippen LogP contribution in [0.5, 0.6) is 0 Å². The Kier molecular flexibility index (Phi) is 45.2. The zero-order valence-electron chi connectivity index (χ0n) is 38.6. The van der Waals surface area contributed by atoms with E-state index in [0.29, 0.717) is 6.42 Å². The average Bonchev–Trinajstić information content (AvgIpc) is 3.21. The fourth-order valence-electron chi connectivity index (χ4n) is 7.78. The highest BCUT2D eigenvalue weighted by Crippen LogP contribution is 2.43. The lowest BCUT2D eigenvalue weighted by Crippen LogP contribution is -2.45. The lowest BCUT2D eigenvalue weighted by Gasteiger charge is -2.23. The highest BCUT2D eigenvalue weighted by atomic mass is 31.2. The van der Waals surface area contributed by atoms with Crippen molar-refractivity contribution >= 4 is 13.7 Å². The van der Waals surface area contributed by atoms with Gasteiger partial charge in [-0.25, -0.2) is 4.57 Å². The Balaban J connectivity index is 4.05. The van der Waals surface area contributed by atoms with Crippen LogP contribution in [0, 0.1) is 0 Å². The van der Waals surface area contributed by atoms with Crippen LogP contribution < -0.4 is 11.1 Å². The van der Waals surface area contributed by atoms with Crippen LogP contribution in [0.4, 0.5) is 0 Å². The number of allylic oxidation sites excluding steroid dienone is 1. The van der Waals surface area contributed by atoms with Gasteiger partial charge in [0.25, 0.3) is 0 Å². The number of nitrogens with one attached hydrogen (secondary N) is 1. The van der Waals surface area contributed by atoms with Crippen molar-refractivity contribution in [3.05, 3.63) is 12.2 Å². The van der Waals surface area contributed by atoms with Crippen LogP contribution >= 0.6 is 7.82 Å². The summed E-state index contributed by atoms with van der Waals surface area (Å²) in [5, 5.41) is 13.7. The first-order valence-electron chi connectivity index (χ1n) is 25.3. The SMILES string of the molecule is CCCCCCCCCCCCCCCCC/C=C/[C@@H](O)[C@H](COP(=O)(O)OCCN)NC(=O)CCCCCCCCCCCCCCCCCCCCCCCC. The molecule has 0 rings (SSSR count). The van der Waals surface area contributed by atoms with E-state index < -0.39 is 20.0 Å². The number of aliphatic hydroxyl groups excluding tert-OH is 1. The third-order valence-electron chi connectivity index (χ3n) is 11.6. The Bertz CT molecular complexity index is 922. The fraction of sp³-hybridized carbons (Fsp3) is 0.939. The van der Waals surface area contributed by atoms with Crippen LogP contribution in [-0.2, 0) is 18.4 Å². The second-order valence-corrected chi connectivity index (χ2v) is 18.8. The highest BCUT2D eigenvalue weighted by molar-refractivity contribution is 7.47. The number of unbranched alkanes of at least 4 members (excludes halogenated alkanes) is 36. The summed E-state index contributed by atoms with van der Waals surface area (Å²) in [4.78, 5) is 22.8. The molecule has 0 saturated heterocycles. The van der Waals surface area contributed by atoms with Crippen molar-refractivity contribution in [2.24, 2.45) is 5.73 Å².